The van der Waals surface area contributed by atoms with Gasteiger partial charge in [-0.25, -0.2) is 9.59 Å². The third-order valence-electron chi connectivity index (χ3n) is 4.62. The molecule has 0 unspecified atom stereocenters. The van der Waals surface area contributed by atoms with E-state index in [0.717, 1.165) is 33.0 Å². The molecule has 0 saturated heterocycles. The number of methoxy groups -OCH3 is 1. The van der Waals surface area contributed by atoms with Crippen LogP contribution in [-0.4, -0.2) is 29.4 Å². The molecule has 0 spiro atoms. The van der Waals surface area contributed by atoms with Crippen molar-refractivity contribution in [3.8, 4) is 22.3 Å². The molecule has 0 aliphatic carbocycles. The smallest absolute Gasteiger partial charge is 0.465 e. The van der Waals surface area contributed by atoms with Gasteiger partial charge in [0.1, 0.15) is 0 Å². The Morgan fingerprint density at radius 2 is 1.30 bits per heavy atom. The normalized spacial score (nSPS) is 10.0. The van der Waals surface area contributed by atoms with E-state index < -0.39 is 6.16 Å². The summed E-state index contributed by atoms with van der Waals surface area (Å²) < 4.78 is 5.02. The van der Waals surface area contributed by atoms with Gasteiger partial charge in [0.05, 0.1) is 12.7 Å². The lowest BCUT2D eigenvalue weighted by Crippen LogP contribution is -2.04. The Labute approximate surface area is 173 Å². The Kier molecular flexibility index (Phi) is 6.45. The summed E-state index contributed by atoms with van der Waals surface area (Å²) in [6.07, 6.45) is -1.83. The third-order valence-corrected chi connectivity index (χ3v) is 4.62. The second-order valence-corrected chi connectivity index (χ2v) is 6.40. The lowest BCUT2D eigenvalue weighted by atomic mass is 9.88. The number of hydrogen-bond acceptors (Lipinski definition) is 3. The first-order chi connectivity index (χ1) is 14.5. The summed E-state index contributed by atoms with van der Waals surface area (Å²) in [7, 11) is 1.42. The molecule has 0 aliphatic heterocycles. The zero-order chi connectivity index (χ0) is 21.5. The van der Waals surface area contributed by atoms with Crippen LogP contribution in [0.4, 0.5) is 4.79 Å². The monoisotopic (exact) mass is 400 g/mol. The fourth-order valence-electron chi connectivity index (χ4n) is 3.41. The van der Waals surface area contributed by atoms with Gasteiger partial charge in [-0.3, -0.25) is 0 Å². The van der Waals surface area contributed by atoms with Crippen LogP contribution in [0.25, 0.3) is 33.0 Å². The van der Waals surface area contributed by atoms with Crippen molar-refractivity contribution < 1.29 is 24.5 Å². The maximum Gasteiger partial charge on any atom is 0.503 e. The predicted molar refractivity (Wildman–Crippen MR) is 117 cm³/mol. The number of carbonyl (C=O) groups excluding carboxylic acids is 1. The molecule has 5 nitrogen and oxygen atoms in total. The SMILES string of the molecule is COC(=O)c1ccccc1-c1c(-c2ccccc2)ccc2ccccc12.O=C(O)O. The number of carboxylic acid groups (broad SMARTS) is 2. The summed E-state index contributed by atoms with van der Waals surface area (Å²) in [5.74, 6) is -0.326. The van der Waals surface area contributed by atoms with E-state index in [9.17, 15) is 4.79 Å². The standard InChI is InChI=1S/C24H18O2.CH2O3/c1-26-24(25)22-14-8-7-13-21(22)23-19-12-6-5-11-18(19)15-16-20(23)17-9-3-2-4-10-17;2-1(3)4/h2-16H,1H3;(H2,2,3,4). The summed E-state index contributed by atoms with van der Waals surface area (Å²) in [5, 5.41) is 16.2. The molecule has 0 bridgehead atoms. The largest absolute Gasteiger partial charge is 0.503 e. The van der Waals surface area contributed by atoms with Gasteiger partial charge in [-0.05, 0) is 39.1 Å². The van der Waals surface area contributed by atoms with E-state index in [2.05, 4.69) is 36.4 Å². The minimum absolute atomic E-state index is 0.326. The van der Waals surface area contributed by atoms with E-state index >= 15 is 0 Å². The Bertz CT molecular complexity index is 1180. The van der Waals surface area contributed by atoms with Gasteiger partial charge in [-0.1, -0.05) is 84.9 Å². The zero-order valence-electron chi connectivity index (χ0n) is 16.3. The Hall–Kier alpha value is -4.12. The van der Waals surface area contributed by atoms with Crippen LogP contribution in [0.3, 0.4) is 0 Å². The molecule has 0 fully saturated rings. The van der Waals surface area contributed by atoms with Gasteiger partial charge in [-0.2, -0.15) is 0 Å². The zero-order valence-corrected chi connectivity index (χ0v) is 16.3. The van der Waals surface area contributed by atoms with Crippen LogP contribution in [0.1, 0.15) is 10.4 Å². The highest BCUT2D eigenvalue weighted by atomic mass is 16.6. The van der Waals surface area contributed by atoms with Crippen LogP contribution < -0.4 is 0 Å². The van der Waals surface area contributed by atoms with Crippen molar-refractivity contribution in [3.05, 3.63) is 96.6 Å². The van der Waals surface area contributed by atoms with Crippen LogP contribution in [0.15, 0.2) is 91.0 Å². The summed E-state index contributed by atoms with van der Waals surface area (Å²) in [5.41, 5.74) is 4.72. The molecule has 4 rings (SSSR count). The maximum atomic E-state index is 12.4. The third kappa shape index (κ3) is 4.47. The summed E-state index contributed by atoms with van der Waals surface area (Å²) in [6, 6.07) is 30.4. The molecule has 0 atom stereocenters. The number of carbonyl (C=O) groups is 2. The molecule has 0 heterocycles. The first-order valence-corrected chi connectivity index (χ1v) is 9.19. The molecule has 0 amide bonds. The van der Waals surface area contributed by atoms with Crippen LogP contribution in [0, 0.1) is 0 Å². The van der Waals surface area contributed by atoms with E-state index in [4.69, 9.17) is 19.7 Å². The second kappa shape index (κ2) is 9.39. The molecule has 4 aromatic rings. The molecule has 0 saturated carbocycles. The molecule has 0 aliphatic rings. The molecular weight excluding hydrogens is 380 g/mol. The topological polar surface area (TPSA) is 83.8 Å². The summed E-state index contributed by atoms with van der Waals surface area (Å²) in [6.45, 7) is 0. The minimum atomic E-state index is -1.83. The van der Waals surface area contributed by atoms with E-state index in [1.165, 1.54) is 7.11 Å². The highest BCUT2D eigenvalue weighted by Gasteiger charge is 2.18. The Balaban J connectivity index is 0.000000589. The summed E-state index contributed by atoms with van der Waals surface area (Å²) in [4.78, 5) is 20.9. The van der Waals surface area contributed by atoms with Gasteiger partial charge in [0.15, 0.2) is 0 Å². The number of benzene rings is 4. The molecule has 0 aromatic heterocycles. The van der Waals surface area contributed by atoms with Crippen LogP contribution in [0.5, 0.6) is 0 Å². The van der Waals surface area contributed by atoms with E-state index in [1.54, 1.807) is 0 Å². The van der Waals surface area contributed by atoms with Crippen molar-refractivity contribution in [2.45, 2.75) is 0 Å². The van der Waals surface area contributed by atoms with Gasteiger partial charge < -0.3 is 14.9 Å². The fourth-order valence-corrected chi connectivity index (χ4v) is 3.41. The lowest BCUT2D eigenvalue weighted by Gasteiger charge is -2.16. The average Bonchev–Trinajstić information content (AvgIpc) is 2.78. The molecule has 2 N–H and O–H groups in total. The number of fused-ring (bicyclic) bond motifs is 1. The predicted octanol–water partition coefficient (Wildman–Crippen LogP) is 6.18. The Morgan fingerprint density at radius 3 is 2.00 bits per heavy atom. The molecule has 5 heteroatoms. The molecular formula is C25H20O5. The van der Waals surface area contributed by atoms with Crippen LogP contribution in [-0.2, 0) is 4.74 Å². The van der Waals surface area contributed by atoms with E-state index in [0.29, 0.717) is 5.56 Å². The van der Waals surface area contributed by atoms with Crippen LogP contribution in [0.2, 0.25) is 0 Å². The van der Waals surface area contributed by atoms with Crippen molar-refractivity contribution >= 4 is 22.9 Å². The van der Waals surface area contributed by atoms with Gasteiger partial charge in [0, 0.05) is 0 Å². The van der Waals surface area contributed by atoms with Crippen LogP contribution >= 0.6 is 0 Å². The highest BCUT2D eigenvalue weighted by Crippen LogP contribution is 2.39. The average molecular weight is 400 g/mol. The van der Waals surface area contributed by atoms with Crippen molar-refractivity contribution in [2.75, 3.05) is 7.11 Å². The molecule has 30 heavy (non-hydrogen) atoms. The minimum Gasteiger partial charge on any atom is -0.465 e. The van der Waals surface area contributed by atoms with E-state index in [-0.39, 0.29) is 5.97 Å². The Morgan fingerprint density at radius 1 is 0.700 bits per heavy atom. The fraction of sp³-hybridized carbons (Fsp3) is 0.0400. The van der Waals surface area contributed by atoms with Gasteiger partial charge in [0.2, 0.25) is 0 Å². The first-order valence-electron chi connectivity index (χ1n) is 9.19. The molecule has 0 radical (unpaired) electrons. The summed E-state index contributed by atoms with van der Waals surface area (Å²) >= 11 is 0. The lowest BCUT2D eigenvalue weighted by molar-refractivity contribution is 0.0601. The quantitative estimate of drug-likeness (QED) is 0.401. The van der Waals surface area contributed by atoms with Crippen molar-refractivity contribution in [1.29, 1.82) is 0 Å². The van der Waals surface area contributed by atoms with Gasteiger partial charge >= 0.3 is 12.1 Å². The van der Waals surface area contributed by atoms with Crippen molar-refractivity contribution in [2.24, 2.45) is 0 Å². The highest BCUT2D eigenvalue weighted by molar-refractivity contribution is 6.09. The van der Waals surface area contributed by atoms with Gasteiger partial charge in [0.25, 0.3) is 0 Å². The molecule has 4 aromatic carbocycles. The van der Waals surface area contributed by atoms with Gasteiger partial charge in [-0.15, -0.1) is 0 Å². The number of rotatable bonds is 3. The van der Waals surface area contributed by atoms with Crippen molar-refractivity contribution in [3.63, 3.8) is 0 Å². The number of ether oxygens (including phenoxy) is 1. The number of esters is 1. The number of hydrogen-bond donors (Lipinski definition) is 2. The molecule has 150 valence electrons. The second-order valence-electron chi connectivity index (χ2n) is 6.40. The van der Waals surface area contributed by atoms with Crippen molar-refractivity contribution in [1.82, 2.24) is 0 Å². The first kappa shape index (κ1) is 20.6. The maximum absolute atomic E-state index is 12.4. The van der Waals surface area contributed by atoms with E-state index in [1.807, 2.05) is 54.6 Å².